The van der Waals surface area contributed by atoms with Gasteiger partial charge in [-0.3, -0.25) is 4.79 Å². The van der Waals surface area contributed by atoms with Gasteiger partial charge in [-0.2, -0.15) is 0 Å². The van der Waals surface area contributed by atoms with Crippen molar-refractivity contribution in [1.29, 1.82) is 0 Å². The monoisotopic (exact) mass is 260 g/mol. The molecule has 0 aliphatic heterocycles. The maximum atomic E-state index is 11.9. The third-order valence-corrected chi connectivity index (χ3v) is 2.52. The van der Waals surface area contributed by atoms with Crippen LogP contribution in [0.4, 0.5) is 0 Å². The largest absolute Gasteiger partial charge is 0.456 e. The maximum Gasteiger partial charge on any atom is 0.289 e. The van der Waals surface area contributed by atoms with E-state index in [-0.39, 0.29) is 23.7 Å². The summed E-state index contributed by atoms with van der Waals surface area (Å²) in [6.07, 6.45) is 0. The Morgan fingerprint density at radius 3 is 2.47 bits per heavy atom. The Kier molecular flexibility index (Phi) is 5.72. The molecule has 1 rings (SSSR count). The van der Waals surface area contributed by atoms with Gasteiger partial charge in [0.05, 0.1) is 0 Å². The molecule has 1 heterocycles. The van der Waals surface area contributed by atoms with Crippen molar-refractivity contribution in [1.82, 2.24) is 4.90 Å². The zero-order valence-electron chi connectivity index (χ0n) is 10.8. The minimum atomic E-state index is -0.102. The number of hydrogen-bond acceptors (Lipinski definition) is 3. The number of rotatable bonds is 4. The molecule has 0 atom stereocenters. The number of carbonyl (C=O) groups is 1. The molecular formula is C12H21ClN2O2. The molecule has 98 valence electrons. The lowest BCUT2D eigenvalue weighted by Crippen LogP contribution is -2.39. The Morgan fingerprint density at radius 2 is 2.06 bits per heavy atom. The highest BCUT2D eigenvalue weighted by molar-refractivity contribution is 5.91. The fraction of sp³-hybridized carbons (Fsp3) is 0.583. The van der Waals surface area contributed by atoms with Crippen LogP contribution >= 0.6 is 12.4 Å². The molecule has 4 nitrogen and oxygen atoms in total. The van der Waals surface area contributed by atoms with E-state index in [4.69, 9.17) is 10.2 Å². The normalized spacial score (nSPS) is 10.9. The first-order valence-corrected chi connectivity index (χ1v) is 5.38. The summed E-state index contributed by atoms with van der Waals surface area (Å²) in [5.41, 5.74) is 5.56. The topological polar surface area (TPSA) is 59.5 Å². The molecular weight excluding hydrogens is 240 g/mol. The molecule has 0 unspecified atom stereocenters. The summed E-state index contributed by atoms with van der Waals surface area (Å²) < 4.78 is 5.29. The molecule has 0 aliphatic carbocycles. The van der Waals surface area contributed by atoms with Crippen molar-refractivity contribution in [2.75, 3.05) is 20.1 Å². The fourth-order valence-electron chi connectivity index (χ4n) is 1.52. The van der Waals surface area contributed by atoms with Crippen LogP contribution in [0.2, 0.25) is 0 Å². The van der Waals surface area contributed by atoms with Gasteiger partial charge < -0.3 is 15.1 Å². The predicted octanol–water partition coefficient (Wildman–Crippen LogP) is 2.07. The zero-order valence-corrected chi connectivity index (χ0v) is 11.6. The van der Waals surface area contributed by atoms with Crippen molar-refractivity contribution >= 4 is 18.3 Å². The van der Waals surface area contributed by atoms with Crippen molar-refractivity contribution in [2.45, 2.75) is 20.8 Å². The Bertz CT molecular complexity index is 374. The van der Waals surface area contributed by atoms with Gasteiger partial charge in [-0.15, -0.1) is 12.4 Å². The van der Waals surface area contributed by atoms with E-state index in [1.54, 1.807) is 24.1 Å². The summed E-state index contributed by atoms with van der Waals surface area (Å²) in [5, 5.41) is 0. The van der Waals surface area contributed by atoms with Crippen LogP contribution < -0.4 is 5.73 Å². The van der Waals surface area contributed by atoms with Crippen molar-refractivity contribution < 1.29 is 9.21 Å². The second kappa shape index (κ2) is 6.07. The first kappa shape index (κ1) is 16.0. The highest BCUT2D eigenvalue weighted by Crippen LogP contribution is 2.16. The highest BCUT2D eigenvalue weighted by Gasteiger charge is 2.23. The lowest BCUT2D eigenvalue weighted by molar-refractivity contribution is 0.0707. The molecule has 0 fully saturated rings. The van der Waals surface area contributed by atoms with Crippen LogP contribution in [0.1, 0.15) is 30.2 Å². The first-order valence-electron chi connectivity index (χ1n) is 5.38. The standard InChI is InChI=1S/C12H20N2O2.ClH/c1-9-5-6-10(16-9)11(15)14(4)8-12(2,3)7-13;/h5-6H,7-8,13H2,1-4H3;1H. The summed E-state index contributed by atoms with van der Waals surface area (Å²) >= 11 is 0. The van der Waals surface area contributed by atoms with E-state index in [0.29, 0.717) is 18.8 Å². The van der Waals surface area contributed by atoms with Gasteiger partial charge >= 0.3 is 0 Å². The second-order valence-electron chi connectivity index (χ2n) is 4.94. The lowest BCUT2D eigenvalue weighted by atomic mass is 9.93. The van der Waals surface area contributed by atoms with Gasteiger partial charge in [0.1, 0.15) is 5.76 Å². The molecule has 2 N–H and O–H groups in total. The van der Waals surface area contributed by atoms with E-state index in [1.807, 2.05) is 20.8 Å². The summed E-state index contributed by atoms with van der Waals surface area (Å²) in [5.74, 6) is 1.03. The molecule has 0 saturated heterocycles. The molecule has 1 amide bonds. The number of carbonyl (C=O) groups excluding carboxylic acids is 1. The SMILES string of the molecule is Cc1ccc(C(=O)N(C)CC(C)(C)CN)o1.Cl. The molecule has 1 aromatic heterocycles. The van der Waals surface area contributed by atoms with Gasteiger partial charge in [-0.05, 0) is 31.0 Å². The Hall–Kier alpha value is -1.00. The quantitative estimate of drug-likeness (QED) is 0.902. The smallest absolute Gasteiger partial charge is 0.289 e. The van der Waals surface area contributed by atoms with Gasteiger partial charge in [0.15, 0.2) is 5.76 Å². The van der Waals surface area contributed by atoms with Gasteiger partial charge in [0.25, 0.3) is 5.91 Å². The van der Waals surface area contributed by atoms with Crippen LogP contribution in [0.25, 0.3) is 0 Å². The highest BCUT2D eigenvalue weighted by atomic mass is 35.5. The van der Waals surface area contributed by atoms with E-state index in [9.17, 15) is 4.79 Å². The Balaban J connectivity index is 0.00000256. The number of halogens is 1. The molecule has 0 radical (unpaired) electrons. The van der Waals surface area contributed by atoms with Gasteiger partial charge in [-0.1, -0.05) is 13.8 Å². The number of furan rings is 1. The minimum Gasteiger partial charge on any atom is -0.456 e. The van der Waals surface area contributed by atoms with Crippen molar-refractivity contribution in [3.63, 3.8) is 0 Å². The number of nitrogens with zero attached hydrogens (tertiary/aromatic N) is 1. The van der Waals surface area contributed by atoms with E-state index >= 15 is 0 Å². The molecule has 5 heteroatoms. The molecule has 0 spiro atoms. The molecule has 0 aliphatic rings. The number of nitrogens with two attached hydrogens (primary N) is 1. The van der Waals surface area contributed by atoms with Gasteiger partial charge in [0, 0.05) is 13.6 Å². The van der Waals surface area contributed by atoms with Crippen LogP contribution in [-0.2, 0) is 0 Å². The van der Waals surface area contributed by atoms with Crippen molar-refractivity contribution in [3.8, 4) is 0 Å². The summed E-state index contributed by atoms with van der Waals surface area (Å²) in [6.45, 7) is 7.04. The zero-order chi connectivity index (χ0) is 12.3. The third-order valence-electron chi connectivity index (χ3n) is 2.52. The van der Waals surface area contributed by atoms with Crippen LogP contribution in [0.15, 0.2) is 16.5 Å². The molecule has 1 aromatic rings. The Labute approximate surface area is 109 Å². The van der Waals surface area contributed by atoms with E-state index in [0.717, 1.165) is 5.76 Å². The average Bonchev–Trinajstić information content (AvgIpc) is 2.63. The van der Waals surface area contributed by atoms with Crippen molar-refractivity contribution in [2.24, 2.45) is 11.1 Å². The third kappa shape index (κ3) is 4.40. The summed E-state index contributed by atoms with van der Waals surface area (Å²) in [7, 11) is 1.76. The number of aryl methyl sites for hydroxylation is 1. The molecule has 0 saturated carbocycles. The van der Waals surface area contributed by atoms with Crippen LogP contribution in [0, 0.1) is 12.3 Å². The first-order chi connectivity index (χ1) is 7.35. The predicted molar refractivity (Wildman–Crippen MR) is 70.5 cm³/mol. The average molecular weight is 261 g/mol. The van der Waals surface area contributed by atoms with Crippen LogP contribution in [0.5, 0.6) is 0 Å². The molecule has 0 aromatic carbocycles. The van der Waals surface area contributed by atoms with Crippen molar-refractivity contribution in [3.05, 3.63) is 23.7 Å². The maximum absolute atomic E-state index is 11.9. The van der Waals surface area contributed by atoms with Gasteiger partial charge in [0.2, 0.25) is 0 Å². The van der Waals surface area contributed by atoms with Gasteiger partial charge in [-0.25, -0.2) is 0 Å². The number of amides is 1. The van der Waals surface area contributed by atoms with E-state index in [1.165, 1.54) is 0 Å². The molecule has 17 heavy (non-hydrogen) atoms. The van der Waals surface area contributed by atoms with Crippen LogP contribution in [0.3, 0.4) is 0 Å². The molecule has 0 bridgehead atoms. The van der Waals surface area contributed by atoms with Crippen LogP contribution in [-0.4, -0.2) is 30.9 Å². The lowest BCUT2D eigenvalue weighted by Gasteiger charge is -2.28. The minimum absolute atomic E-state index is 0. The summed E-state index contributed by atoms with van der Waals surface area (Å²) in [6, 6.07) is 3.48. The van der Waals surface area contributed by atoms with E-state index < -0.39 is 0 Å². The second-order valence-corrected chi connectivity index (χ2v) is 4.94. The fourth-order valence-corrected chi connectivity index (χ4v) is 1.52. The number of hydrogen-bond donors (Lipinski definition) is 1. The van der Waals surface area contributed by atoms with E-state index in [2.05, 4.69) is 0 Å². The Morgan fingerprint density at radius 1 is 1.47 bits per heavy atom. The summed E-state index contributed by atoms with van der Waals surface area (Å²) in [4.78, 5) is 13.6.